The molecule has 0 aromatic heterocycles. The lowest BCUT2D eigenvalue weighted by Crippen LogP contribution is -2.40. The molecule has 0 spiro atoms. The summed E-state index contributed by atoms with van der Waals surface area (Å²) >= 11 is 0. The molecule has 0 saturated heterocycles. The van der Waals surface area contributed by atoms with Crippen molar-refractivity contribution in [1.29, 1.82) is 0 Å². The van der Waals surface area contributed by atoms with Gasteiger partial charge >= 0.3 is 0 Å². The smallest absolute Gasteiger partial charge is 0.268 e. The highest BCUT2D eigenvalue weighted by molar-refractivity contribution is 7.45. The fourth-order valence-corrected chi connectivity index (χ4v) is 4.47. The molecule has 0 rings (SSSR count). The minimum absolute atomic E-state index is 0.0243. The second-order valence-electron chi connectivity index (χ2n) is 10.8. The summed E-state index contributed by atoms with van der Waals surface area (Å²) < 4.78 is 47.5. The van der Waals surface area contributed by atoms with Gasteiger partial charge in [-0.1, -0.05) is 90.4 Å². The van der Waals surface area contributed by atoms with Crippen LogP contribution >= 0.6 is 7.82 Å². The van der Waals surface area contributed by atoms with Crippen molar-refractivity contribution in [2.45, 2.75) is 102 Å². The maximum Gasteiger partial charge on any atom is 0.268 e. The van der Waals surface area contributed by atoms with E-state index in [1.165, 1.54) is 77.7 Å². The first kappa shape index (κ1) is 34.9. The molecule has 0 saturated carbocycles. The molecule has 0 aromatic rings. The molecule has 0 aliphatic heterocycles. The lowest BCUT2D eigenvalue weighted by Gasteiger charge is -2.30. The topological polar surface area (TPSA) is 77.1 Å². The number of phosphoric acid groups is 1. The minimum Gasteiger partial charge on any atom is -0.756 e. The van der Waals surface area contributed by atoms with Gasteiger partial charge in [0.2, 0.25) is 0 Å². The first-order chi connectivity index (χ1) is 16.5. The molecule has 7 nitrogen and oxygen atoms in total. The summed E-state index contributed by atoms with van der Waals surface area (Å²) in [5, 5.41) is 0. The van der Waals surface area contributed by atoms with E-state index < -0.39 is 20.1 Å². The number of hydrogen-bond donors (Lipinski definition) is 0. The summed E-state index contributed by atoms with van der Waals surface area (Å²) in [7, 11) is 2.52. The normalized spacial score (nSPS) is 15.7. The third-order valence-electron chi connectivity index (χ3n) is 5.90. The van der Waals surface area contributed by atoms with Crippen LogP contribution in [0.25, 0.3) is 0 Å². The zero-order chi connectivity index (χ0) is 26.5. The van der Waals surface area contributed by atoms with Crippen LogP contribution in [0, 0.1) is 0 Å². The molecule has 212 valence electrons. The summed E-state index contributed by atoms with van der Waals surface area (Å²) in [4.78, 5) is 11.9. The molecular weight excluding hydrogens is 472 g/mol. The van der Waals surface area contributed by atoms with E-state index in [0.29, 0.717) is 17.6 Å². The van der Waals surface area contributed by atoms with E-state index in [4.69, 9.17) is 18.5 Å². The number of methoxy groups -OCH3 is 1. The molecule has 2 atom stereocenters. The number of phosphoric ester groups is 1. The molecule has 0 heterocycles. The fraction of sp³-hybridized carbons (Fsp3) is 1.00. The lowest BCUT2D eigenvalue weighted by atomic mass is 10.0. The Morgan fingerprint density at radius 3 is 1.69 bits per heavy atom. The van der Waals surface area contributed by atoms with Gasteiger partial charge in [-0.05, 0) is 6.42 Å². The Morgan fingerprint density at radius 1 is 0.743 bits per heavy atom. The molecule has 0 fully saturated rings. The van der Waals surface area contributed by atoms with E-state index in [1.54, 1.807) is 0 Å². The highest BCUT2D eigenvalue weighted by atomic mass is 31.2. The lowest BCUT2D eigenvalue weighted by molar-refractivity contribution is -0.870. The molecule has 0 bridgehead atoms. The van der Waals surface area contributed by atoms with Gasteiger partial charge in [0.05, 0.1) is 41.0 Å². The van der Waals surface area contributed by atoms with Crippen molar-refractivity contribution in [2.24, 2.45) is 0 Å². The van der Waals surface area contributed by atoms with Crippen molar-refractivity contribution >= 4 is 7.82 Å². The highest BCUT2D eigenvalue weighted by Crippen LogP contribution is 2.39. The van der Waals surface area contributed by atoms with Crippen molar-refractivity contribution in [3.8, 4) is 0 Å². The Bertz CT molecular complexity index is 534. The molecule has 0 aliphatic carbocycles. The van der Waals surface area contributed by atoms with Crippen LogP contribution in [-0.4, -0.2) is 78.0 Å². The third-order valence-corrected chi connectivity index (χ3v) is 6.84. The van der Waals surface area contributed by atoms with Crippen molar-refractivity contribution in [3.63, 3.8) is 0 Å². The van der Waals surface area contributed by atoms with Gasteiger partial charge in [0.25, 0.3) is 7.82 Å². The van der Waals surface area contributed by atoms with E-state index >= 15 is 4.39 Å². The number of hydrogen-bond acceptors (Lipinski definition) is 6. The summed E-state index contributed by atoms with van der Waals surface area (Å²) in [6.45, 7) is 1.86. The van der Waals surface area contributed by atoms with Gasteiger partial charge in [0, 0.05) is 13.7 Å². The van der Waals surface area contributed by atoms with Crippen molar-refractivity contribution in [3.05, 3.63) is 0 Å². The molecule has 1 unspecified atom stereocenters. The number of alkyl halides is 1. The zero-order valence-corrected chi connectivity index (χ0v) is 24.3. The van der Waals surface area contributed by atoms with E-state index in [-0.39, 0.29) is 19.8 Å². The van der Waals surface area contributed by atoms with Gasteiger partial charge in [-0.3, -0.25) is 4.57 Å². The molecule has 0 amide bonds. The maximum atomic E-state index is 15.0. The van der Waals surface area contributed by atoms with Gasteiger partial charge in [-0.25, -0.2) is 4.39 Å². The van der Waals surface area contributed by atoms with Gasteiger partial charge in [-0.15, -0.1) is 0 Å². The van der Waals surface area contributed by atoms with Gasteiger partial charge < -0.3 is 27.9 Å². The van der Waals surface area contributed by atoms with Crippen LogP contribution in [0.3, 0.4) is 0 Å². The molecule has 0 aromatic carbocycles. The first-order valence-electron chi connectivity index (χ1n) is 13.7. The zero-order valence-electron chi connectivity index (χ0n) is 23.4. The van der Waals surface area contributed by atoms with Gasteiger partial charge in [-0.2, -0.15) is 0 Å². The Balaban J connectivity index is 3.81. The molecule has 9 heteroatoms. The molecule has 0 N–H and O–H groups in total. The quantitative estimate of drug-likeness (QED) is 0.0775. The largest absolute Gasteiger partial charge is 0.756 e. The fourth-order valence-electron chi connectivity index (χ4n) is 3.70. The number of nitrogens with zero attached hydrogens (tertiary/aromatic N) is 1. The second-order valence-corrected chi connectivity index (χ2v) is 12.2. The monoisotopic (exact) mass is 527 g/mol. The van der Waals surface area contributed by atoms with Crippen molar-refractivity contribution < 1.29 is 36.9 Å². The molecular formula is C26H55FNO6P. The number of likely N-dealkylation sites (N-methyl/N-ethyl adjacent to an activating group) is 1. The van der Waals surface area contributed by atoms with Crippen LogP contribution in [-0.2, 0) is 23.1 Å². The van der Waals surface area contributed by atoms with E-state index in [9.17, 15) is 9.46 Å². The Labute approximate surface area is 215 Å². The summed E-state index contributed by atoms with van der Waals surface area (Å²) in [5.74, 6) is 0. The Hall–Kier alpha value is -0.0800. The van der Waals surface area contributed by atoms with Crippen LogP contribution in [0.5, 0.6) is 0 Å². The summed E-state index contributed by atoms with van der Waals surface area (Å²) in [5.41, 5.74) is -2.05. The maximum absolute atomic E-state index is 15.0. The first-order valence-corrected chi connectivity index (χ1v) is 15.2. The molecule has 35 heavy (non-hydrogen) atoms. The van der Waals surface area contributed by atoms with Crippen LogP contribution in [0.4, 0.5) is 4.39 Å². The highest BCUT2D eigenvalue weighted by Gasteiger charge is 2.33. The van der Waals surface area contributed by atoms with E-state index in [0.717, 1.165) is 19.3 Å². The average molecular weight is 528 g/mol. The SMILES string of the molecule is CCCCCCCCCCCCCCCCOC[C@](F)(COC)COP(=O)([O-])OCC[N+](C)(C)C. The van der Waals surface area contributed by atoms with Crippen LogP contribution in [0.15, 0.2) is 0 Å². The third kappa shape index (κ3) is 24.0. The predicted octanol–water partition coefficient (Wildman–Crippen LogP) is 6.05. The number of quaternary nitrogens is 1. The number of rotatable bonds is 26. The van der Waals surface area contributed by atoms with Gasteiger partial charge in [0.15, 0.2) is 5.67 Å². The Morgan fingerprint density at radius 2 is 1.23 bits per heavy atom. The standard InChI is InChI=1S/C26H55FNO6P/c1-6-7-8-9-10-11-12-13-14-15-16-17-18-19-21-32-24-26(27,23-31-5)25-34-35(29,30)33-22-20-28(2,3)4/h6-25H2,1-5H3/t26-/m1/s1. The van der Waals surface area contributed by atoms with E-state index in [2.05, 4.69) is 6.92 Å². The van der Waals surface area contributed by atoms with Crippen LogP contribution < -0.4 is 4.89 Å². The number of halogens is 1. The van der Waals surface area contributed by atoms with Gasteiger partial charge in [0.1, 0.15) is 13.2 Å². The summed E-state index contributed by atoms with van der Waals surface area (Å²) in [6.07, 6.45) is 17.8. The van der Waals surface area contributed by atoms with E-state index in [1.807, 2.05) is 21.1 Å². The number of unbranched alkanes of at least 4 members (excludes halogenated alkanes) is 13. The average Bonchev–Trinajstić information content (AvgIpc) is 2.77. The summed E-state index contributed by atoms with van der Waals surface area (Å²) in [6, 6.07) is 0. The molecule has 0 radical (unpaired) electrons. The van der Waals surface area contributed by atoms with Crippen molar-refractivity contribution in [2.75, 3.05) is 67.8 Å². The minimum atomic E-state index is -4.59. The Kier molecular flexibility index (Phi) is 20.9. The molecule has 0 aliphatic rings. The predicted molar refractivity (Wildman–Crippen MR) is 139 cm³/mol. The van der Waals surface area contributed by atoms with Crippen LogP contribution in [0.1, 0.15) is 96.8 Å². The van der Waals surface area contributed by atoms with Crippen molar-refractivity contribution in [1.82, 2.24) is 0 Å². The van der Waals surface area contributed by atoms with Crippen LogP contribution in [0.2, 0.25) is 0 Å². The number of ether oxygens (including phenoxy) is 2. The second kappa shape index (κ2) is 20.9.